The molecule has 4 nitrogen and oxygen atoms in total. The normalized spacial score (nSPS) is 12.2. The maximum absolute atomic E-state index is 11.6. The number of esters is 1. The van der Waals surface area contributed by atoms with Gasteiger partial charge in [-0.3, -0.25) is 9.59 Å². The van der Waals surface area contributed by atoms with E-state index in [2.05, 4.69) is 25.7 Å². The summed E-state index contributed by atoms with van der Waals surface area (Å²) < 4.78 is 4.89. The lowest BCUT2D eigenvalue weighted by atomic mass is 9.97. The third-order valence-corrected chi connectivity index (χ3v) is 6.19. The SMILES string of the molecule is C=CCOC(=O)CC(CCCCCCCC/C=C/CCCCCCCCCCCC)C(=O)O. The number of hydrogen-bond donors (Lipinski definition) is 1. The van der Waals surface area contributed by atoms with Crippen LogP contribution in [-0.4, -0.2) is 23.7 Å². The van der Waals surface area contributed by atoms with Crippen molar-refractivity contribution in [2.75, 3.05) is 6.61 Å². The average molecular weight is 465 g/mol. The maximum Gasteiger partial charge on any atom is 0.307 e. The lowest BCUT2D eigenvalue weighted by Crippen LogP contribution is -2.19. The van der Waals surface area contributed by atoms with Gasteiger partial charge in [-0.1, -0.05) is 122 Å². The molecular formula is C29H52O4. The van der Waals surface area contributed by atoms with E-state index in [0.717, 1.165) is 19.3 Å². The highest BCUT2D eigenvalue weighted by molar-refractivity contribution is 5.78. The second-order valence-corrected chi connectivity index (χ2v) is 9.35. The van der Waals surface area contributed by atoms with Gasteiger partial charge in [0.05, 0.1) is 12.3 Å². The summed E-state index contributed by atoms with van der Waals surface area (Å²) in [5.74, 6) is -2.00. The highest BCUT2D eigenvalue weighted by Gasteiger charge is 2.21. The number of carbonyl (C=O) groups is 2. The van der Waals surface area contributed by atoms with Crippen LogP contribution in [0.5, 0.6) is 0 Å². The van der Waals surface area contributed by atoms with Crippen molar-refractivity contribution in [2.45, 2.75) is 135 Å². The number of hydrogen-bond acceptors (Lipinski definition) is 3. The Kier molecular flexibility index (Phi) is 23.9. The monoisotopic (exact) mass is 464 g/mol. The molecule has 0 aromatic rings. The van der Waals surface area contributed by atoms with E-state index in [1.807, 2.05) is 0 Å². The minimum Gasteiger partial charge on any atom is -0.481 e. The van der Waals surface area contributed by atoms with Gasteiger partial charge in [-0.15, -0.1) is 0 Å². The third-order valence-electron chi connectivity index (χ3n) is 6.19. The molecule has 192 valence electrons. The molecule has 0 saturated carbocycles. The molecule has 0 radical (unpaired) electrons. The Labute approximate surface area is 204 Å². The van der Waals surface area contributed by atoms with Crippen molar-refractivity contribution in [1.82, 2.24) is 0 Å². The Morgan fingerprint density at radius 3 is 1.67 bits per heavy atom. The summed E-state index contributed by atoms with van der Waals surface area (Å²) in [6, 6.07) is 0. The molecule has 0 amide bonds. The van der Waals surface area contributed by atoms with Crippen molar-refractivity contribution in [2.24, 2.45) is 5.92 Å². The molecule has 0 saturated heterocycles. The van der Waals surface area contributed by atoms with E-state index < -0.39 is 17.9 Å². The molecule has 1 unspecified atom stereocenters. The number of carboxylic acids is 1. The molecule has 1 N–H and O–H groups in total. The smallest absolute Gasteiger partial charge is 0.307 e. The van der Waals surface area contributed by atoms with Gasteiger partial charge in [-0.25, -0.2) is 0 Å². The van der Waals surface area contributed by atoms with Gasteiger partial charge in [0.15, 0.2) is 0 Å². The Hall–Kier alpha value is -1.58. The summed E-state index contributed by atoms with van der Waals surface area (Å²) in [6.07, 6.45) is 29.7. The maximum atomic E-state index is 11.6. The molecule has 0 aliphatic rings. The summed E-state index contributed by atoms with van der Waals surface area (Å²) >= 11 is 0. The molecule has 0 aliphatic carbocycles. The topological polar surface area (TPSA) is 63.6 Å². The van der Waals surface area contributed by atoms with Crippen molar-refractivity contribution in [1.29, 1.82) is 0 Å². The fraction of sp³-hybridized carbons (Fsp3) is 0.793. The van der Waals surface area contributed by atoms with Crippen molar-refractivity contribution in [3.8, 4) is 0 Å². The Balaban J connectivity index is 3.44. The molecule has 0 rings (SSSR count). The van der Waals surface area contributed by atoms with Gasteiger partial charge < -0.3 is 9.84 Å². The summed E-state index contributed by atoms with van der Waals surface area (Å²) in [7, 11) is 0. The van der Waals surface area contributed by atoms with E-state index in [-0.39, 0.29) is 13.0 Å². The molecule has 0 aromatic heterocycles. The molecule has 33 heavy (non-hydrogen) atoms. The predicted octanol–water partition coefficient (Wildman–Crippen LogP) is 8.79. The number of carboxylic acid groups (broad SMARTS) is 1. The average Bonchev–Trinajstić information content (AvgIpc) is 2.80. The van der Waals surface area contributed by atoms with Gasteiger partial charge in [-0.05, 0) is 32.1 Å². The zero-order valence-corrected chi connectivity index (χ0v) is 21.5. The van der Waals surface area contributed by atoms with Crippen molar-refractivity contribution in [3.05, 3.63) is 24.8 Å². The number of allylic oxidation sites excluding steroid dienone is 2. The standard InChI is InChI=1S/C29H52O4/c1-3-5-6-7-8-9-10-11-12-13-14-15-16-17-18-19-20-21-22-23-24-27(29(31)32)26-28(30)33-25-4-2/h4,15-16,27H,2-3,5-14,17-26H2,1H3,(H,31,32)/b16-15+. The summed E-state index contributed by atoms with van der Waals surface area (Å²) in [5, 5.41) is 9.27. The second kappa shape index (κ2) is 25.1. The van der Waals surface area contributed by atoms with Crippen molar-refractivity contribution in [3.63, 3.8) is 0 Å². The number of carbonyl (C=O) groups excluding carboxylic acids is 1. The van der Waals surface area contributed by atoms with E-state index in [9.17, 15) is 14.7 Å². The molecule has 0 heterocycles. The summed E-state index contributed by atoms with van der Waals surface area (Å²) in [4.78, 5) is 22.9. The number of aliphatic carboxylic acids is 1. The van der Waals surface area contributed by atoms with Gasteiger partial charge >= 0.3 is 11.9 Å². The van der Waals surface area contributed by atoms with Gasteiger partial charge in [0.1, 0.15) is 6.61 Å². The quantitative estimate of drug-likeness (QED) is 0.0832. The minimum atomic E-state index is -0.907. The van der Waals surface area contributed by atoms with E-state index in [1.165, 1.54) is 102 Å². The largest absolute Gasteiger partial charge is 0.481 e. The van der Waals surface area contributed by atoms with Crippen LogP contribution < -0.4 is 0 Å². The van der Waals surface area contributed by atoms with Crippen LogP contribution in [-0.2, 0) is 14.3 Å². The van der Waals surface area contributed by atoms with Gasteiger partial charge in [0, 0.05) is 0 Å². The Morgan fingerprint density at radius 2 is 1.21 bits per heavy atom. The molecule has 1 atom stereocenters. The van der Waals surface area contributed by atoms with Crippen LogP contribution in [0.25, 0.3) is 0 Å². The number of unbranched alkanes of at least 4 members (excludes halogenated alkanes) is 16. The Bertz CT molecular complexity index is 498. The molecule has 0 aromatic carbocycles. The fourth-order valence-corrected chi connectivity index (χ4v) is 4.07. The van der Waals surface area contributed by atoms with E-state index in [0.29, 0.717) is 6.42 Å². The molecule has 0 fully saturated rings. The van der Waals surface area contributed by atoms with Gasteiger partial charge in [-0.2, -0.15) is 0 Å². The van der Waals surface area contributed by atoms with Gasteiger partial charge in [0.25, 0.3) is 0 Å². The first-order valence-electron chi connectivity index (χ1n) is 13.8. The zero-order valence-electron chi connectivity index (χ0n) is 21.5. The van der Waals surface area contributed by atoms with E-state index >= 15 is 0 Å². The van der Waals surface area contributed by atoms with E-state index in [4.69, 9.17) is 4.74 Å². The van der Waals surface area contributed by atoms with Crippen LogP contribution in [0, 0.1) is 5.92 Å². The van der Waals surface area contributed by atoms with Crippen LogP contribution in [0.2, 0.25) is 0 Å². The molecule has 0 bridgehead atoms. The highest BCUT2D eigenvalue weighted by atomic mass is 16.5. The third kappa shape index (κ3) is 23.4. The van der Waals surface area contributed by atoms with Crippen LogP contribution >= 0.6 is 0 Å². The van der Waals surface area contributed by atoms with Crippen LogP contribution in [0.15, 0.2) is 24.8 Å². The summed E-state index contributed by atoms with van der Waals surface area (Å²) in [5.41, 5.74) is 0. The van der Waals surface area contributed by atoms with Crippen molar-refractivity contribution < 1.29 is 19.4 Å². The lowest BCUT2D eigenvalue weighted by Gasteiger charge is -2.11. The summed E-state index contributed by atoms with van der Waals surface area (Å²) in [6.45, 7) is 5.89. The van der Waals surface area contributed by atoms with Crippen LogP contribution in [0.3, 0.4) is 0 Å². The van der Waals surface area contributed by atoms with Gasteiger partial charge in [0.2, 0.25) is 0 Å². The van der Waals surface area contributed by atoms with Crippen LogP contribution in [0.1, 0.15) is 135 Å². The zero-order chi connectivity index (χ0) is 24.4. The first-order chi connectivity index (χ1) is 16.1. The molecule has 0 aliphatic heterocycles. The van der Waals surface area contributed by atoms with E-state index in [1.54, 1.807) is 0 Å². The minimum absolute atomic E-state index is 0.0470. The highest BCUT2D eigenvalue weighted by Crippen LogP contribution is 2.17. The first-order valence-corrected chi connectivity index (χ1v) is 13.8. The predicted molar refractivity (Wildman–Crippen MR) is 139 cm³/mol. The number of rotatable bonds is 25. The lowest BCUT2D eigenvalue weighted by molar-refractivity contribution is -0.151. The van der Waals surface area contributed by atoms with Crippen LogP contribution in [0.4, 0.5) is 0 Å². The van der Waals surface area contributed by atoms with Crippen molar-refractivity contribution >= 4 is 11.9 Å². The second-order valence-electron chi connectivity index (χ2n) is 9.35. The first kappa shape index (κ1) is 31.4. The fourth-order valence-electron chi connectivity index (χ4n) is 4.07. The number of ether oxygens (including phenoxy) is 1. The Morgan fingerprint density at radius 1 is 0.758 bits per heavy atom. The molecule has 4 heteroatoms. The molecular weight excluding hydrogens is 412 g/mol. The molecule has 0 spiro atoms.